The van der Waals surface area contributed by atoms with Crippen molar-refractivity contribution >= 4 is 45.6 Å². The van der Waals surface area contributed by atoms with Crippen molar-refractivity contribution in [2.24, 2.45) is 5.73 Å². The van der Waals surface area contributed by atoms with Gasteiger partial charge in [0.25, 0.3) is 0 Å². The molecule has 0 aliphatic rings. The van der Waals surface area contributed by atoms with Crippen LogP contribution in [0.25, 0.3) is 5.70 Å². The van der Waals surface area contributed by atoms with Crippen LogP contribution in [0.2, 0.25) is 0 Å². The highest BCUT2D eigenvalue weighted by Gasteiger charge is 1.97. The molecule has 0 radical (unpaired) electrons. The van der Waals surface area contributed by atoms with Crippen molar-refractivity contribution in [2.75, 3.05) is 0 Å². The van der Waals surface area contributed by atoms with Gasteiger partial charge in [0, 0.05) is 9.85 Å². The Morgan fingerprint density at radius 3 is 2.90 bits per heavy atom. The van der Waals surface area contributed by atoms with E-state index >= 15 is 0 Å². The summed E-state index contributed by atoms with van der Waals surface area (Å²) in [6.07, 6.45) is 0. The topological polar surface area (TPSA) is 26.0 Å². The van der Waals surface area contributed by atoms with Gasteiger partial charge in [0.15, 0.2) is 0 Å². The Morgan fingerprint density at radius 1 is 1.80 bits per heavy atom. The van der Waals surface area contributed by atoms with Gasteiger partial charge in [0.05, 0.1) is 10.6 Å². The van der Waals surface area contributed by atoms with Crippen molar-refractivity contribution in [2.45, 2.75) is 0 Å². The standard InChI is InChI=1S/C6H6BrNS2/c7-4-1-6(10-3-4)5(8)2-9/h1-3,9H,8H2/b5-2-. The zero-order valence-corrected chi connectivity index (χ0v) is 8.34. The Bertz CT molecular complexity index is 254. The second kappa shape index (κ2) is 3.46. The summed E-state index contributed by atoms with van der Waals surface area (Å²) in [5.74, 6) is 0. The van der Waals surface area contributed by atoms with E-state index in [4.69, 9.17) is 5.73 Å². The third kappa shape index (κ3) is 1.78. The van der Waals surface area contributed by atoms with Crippen molar-refractivity contribution in [1.29, 1.82) is 0 Å². The minimum Gasteiger partial charge on any atom is -0.397 e. The van der Waals surface area contributed by atoms with E-state index in [-0.39, 0.29) is 0 Å². The molecule has 1 aromatic rings. The van der Waals surface area contributed by atoms with E-state index in [0.717, 1.165) is 9.35 Å². The molecule has 1 nitrogen and oxygen atoms in total. The third-order valence-corrected chi connectivity index (χ3v) is 3.01. The minimum atomic E-state index is 0.707. The van der Waals surface area contributed by atoms with Crippen LogP contribution in [0, 0.1) is 0 Å². The first-order valence-electron chi connectivity index (χ1n) is 2.58. The third-order valence-electron chi connectivity index (χ3n) is 0.991. The van der Waals surface area contributed by atoms with E-state index in [2.05, 4.69) is 28.6 Å². The van der Waals surface area contributed by atoms with Crippen LogP contribution in [0.1, 0.15) is 4.88 Å². The van der Waals surface area contributed by atoms with Crippen LogP contribution >= 0.6 is 39.9 Å². The Balaban J connectivity index is 2.95. The maximum absolute atomic E-state index is 5.58. The molecule has 0 spiro atoms. The molecular weight excluding hydrogens is 230 g/mol. The quantitative estimate of drug-likeness (QED) is 0.720. The van der Waals surface area contributed by atoms with E-state index in [1.807, 2.05) is 11.4 Å². The second-order valence-electron chi connectivity index (χ2n) is 1.71. The van der Waals surface area contributed by atoms with Gasteiger partial charge in [-0.25, -0.2) is 0 Å². The Labute approximate surface area is 77.5 Å². The van der Waals surface area contributed by atoms with E-state index in [1.165, 1.54) is 0 Å². The molecule has 0 saturated heterocycles. The molecule has 1 heterocycles. The monoisotopic (exact) mass is 235 g/mol. The number of rotatable bonds is 1. The molecule has 4 heteroatoms. The van der Waals surface area contributed by atoms with E-state index in [1.54, 1.807) is 16.7 Å². The summed E-state index contributed by atoms with van der Waals surface area (Å²) >= 11 is 8.87. The van der Waals surface area contributed by atoms with Crippen LogP contribution in [0.3, 0.4) is 0 Å². The average Bonchev–Trinajstić information content (AvgIpc) is 2.34. The van der Waals surface area contributed by atoms with Crippen molar-refractivity contribution in [3.63, 3.8) is 0 Å². The van der Waals surface area contributed by atoms with Crippen LogP contribution in [-0.4, -0.2) is 0 Å². The fourth-order valence-corrected chi connectivity index (χ4v) is 2.11. The van der Waals surface area contributed by atoms with Crippen LogP contribution in [0.4, 0.5) is 0 Å². The maximum atomic E-state index is 5.58. The van der Waals surface area contributed by atoms with Gasteiger partial charge in [0.2, 0.25) is 0 Å². The average molecular weight is 236 g/mol. The van der Waals surface area contributed by atoms with Gasteiger partial charge in [-0.05, 0) is 27.4 Å². The molecule has 0 unspecified atom stereocenters. The predicted octanol–water partition coefficient (Wildman–Crippen LogP) is 2.70. The number of halogens is 1. The zero-order valence-electron chi connectivity index (χ0n) is 5.04. The first kappa shape index (κ1) is 8.17. The largest absolute Gasteiger partial charge is 0.397 e. The number of thiophene rings is 1. The summed E-state index contributed by atoms with van der Waals surface area (Å²) in [5.41, 5.74) is 6.29. The Kier molecular flexibility index (Phi) is 2.82. The molecule has 54 valence electrons. The number of hydrogen-bond acceptors (Lipinski definition) is 3. The highest BCUT2D eigenvalue weighted by atomic mass is 79.9. The lowest BCUT2D eigenvalue weighted by atomic mass is 10.4. The molecule has 2 N–H and O–H groups in total. The first-order valence-corrected chi connectivity index (χ1v) is 4.77. The lowest BCUT2D eigenvalue weighted by Gasteiger charge is -1.90. The summed E-state index contributed by atoms with van der Waals surface area (Å²) in [7, 11) is 0. The van der Waals surface area contributed by atoms with Crippen LogP contribution in [0.5, 0.6) is 0 Å². The lowest BCUT2D eigenvalue weighted by molar-refractivity contribution is 1.62. The fraction of sp³-hybridized carbons (Fsp3) is 0. The van der Waals surface area contributed by atoms with E-state index in [0.29, 0.717) is 5.70 Å². The van der Waals surface area contributed by atoms with Gasteiger partial charge >= 0.3 is 0 Å². The normalized spacial score (nSPS) is 12.0. The Morgan fingerprint density at radius 2 is 2.50 bits per heavy atom. The van der Waals surface area contributed by atoms with E-state index < -0.39 is 0 Å². The smallest absolute Gasteiger partial charge is 0.0550 e. The van der Waals surface area contributed by atoms with Gasteiger partial charge in [-0.1, -0.05) is 0 Å². The SMILES string of the molecule is N/C(=C\S)c1cc(Br)cs1. The molecule has 0 fully saturated rings. The van der Waals surface area contributed by atoms with Crippen LogP contribution in [-0.2, 0) is 0 Å². The molecule has 0 aliphatic carbocycles. The molecular formula is C6H6BrNS2. The number of thiol groups is 1. The zero-order chi connectivity index (χ0) is 7.56. The minimum absolute atomic E-state index is 0.707. The van der Waals surface area contributed by atoms with E-state index in [9.17, 15) is 0 Å². The molecule has 0 bridgehead atoms. The predicted molar refractivity (Wildman–Crippen MR) is 53.2 cm³/mol. The van der Waals surface area contributed by atoms with Crippen LogP contribution in [0.15, 0.2) is 21.3 Å². The molecule has 0 amide bonds. The van der Waals surface area contributed by atoms with Gasteiger partial charge in [-0.15, -0.1) is 24.0 Å². The van der Waals surface area contributed by atoms with Crippen molar-refractivity contribution in [1.82, 2.24) is 0 Å². The summed E-state index contributed by atoms with van der Waals surface area (Å²) in [4.78, 5) is 1.04. The molecule has 10 heavy (non-hydrogen) atoms. The summed E-state index contributed by atoms with van der Waals surface area (Å²) in [6, 6.07) is 1.96. The second-order valence-corrected chi connectivity index (χ2v) is 3.80. The highest BCUT2D eigenvalue weighted by Crippen LogP contribution is 2.23. The summed E-state index contributed by atoms with van der Waals surface area (Å²) in [5, 5.41) is 3.58. The van der Waals surface area contributed by atoms with Gasteiger partial charge in [0.1, 0.15) is 0 Å². The summed E-state index contributed by atoms with van der Waals surface area (Å²) < 4.78 is 1.06. The first-order chi connectivity index (χ1) is 4.74. The van der Waals surface area contributed by atoms with Gasteiger partial charge < -0.3 is 5.73 Å². The molecule has 0 aromatic carbocycles. The molecule has 0 atom stereocenters. The van der Waals surface area contributed by atoms with Crippen LogP contribution < -0.4 is 5.73 Å². The lowest BCUT2D eigenvalue weighted by Crippen LogP contribution is -1.90. The maximum Gasteiger partial charge on any atom is 0.0550 e. The van der Waals surface area contributed by atoms with Crippen molar-refractivity contribution in [3.8, 4) is 0 Å². The highest BCUT2D eigenvalue weighted by molar-refractivity contribution is 9.10. The molecule has 1 aromatic heterocycles. The van der Waals surface area contributed by atoms with Crippen molar-refractivity contribution < 1.29 is 0 Å². The van der Waals surface area contributed by atoms with Gasteiger partial charge in [-0.2, -0.15) is 0 Å². The fourth-order valence-electron chi connectivity index (χ4n) is 0.528. The molecule has 0 aliphatic heterocycles. The summed E-state index contributed by atoms with van der Waals surface area (Å²) in [6.45, 7) is 0. The van der Waals surface area contributed by atoms with Gasteiger partial charge in [-0.3, -0.25) is 0 Å². The number of hydrogen-bond donors (Lipinski definition) is 2. The molecule has 1 rings (SSSR count). The van der Waals surface area contributed by atoms with Crippen molar-refractivity contribution in [3.05, 3.63) is 26.2 Å². The number of nitrogens with two attached hydrogens (primary N) is 1. The Hall–Kier alpha value is 0.0700. The molecule has 0 saturated carbocycles.